The van der Waals surface area contributed by atoms with E-state index in [9.17, 15) is 4.79 Å². The van der Waals surface area contributed by atoms with Crippen LogP contribution in [0.1, 0.15) is 62.2 Å². The van der Waals surface area contributed by atoms with Gasteiger partial charge in [-0.1, -0.05) is 26.0 Å². The Bertz CT molecular complexity index is 752. The number of aliphatic hydroxyl groups excluding tert-OH is 1. The number of likely N-dealkylation sites (tertiary alicyclic amines) is 1. The third kappa shape index (κ3) is 8.15. The average Bonchev–Trinajstić information content (AvgIpc) is 3.12. The van der Waals surface area contributed by atoms with E-state index in [-0.39, 0.29) is 18.6 Å². The summed E-state index contributed by atoms with van der Waals surface area (Å²) in [6.45, 7) is 9.87. The Morgan fingerprint density at radius 1 is 1.34 bits per heavy atom. The summed E-state index contributed by atoms with van der Waals surface area (Å²) in [6.07, 6.45) is 3.80. The first kappa shape index (κ1) is 23.4. The van der Waals surface area contributed by atoms with Crippen molar-refractivity contribution >= 4 is 17.2 Å². The second-order valence-electron chi connectivity index (χ2n) is 7.74. The van der Waals surface area contributed by atoms with Gasteiger partial charge in [-0.2, -0.15) is 0 Å². The van der Waals surface area contributed by atoms with Gasteiger partial charge in [-0.05, 0) is 43.4 Å². The first-order valence-electron chi connectivity index (χ1n) is 10.4. The maximum absolute atomic E-state index is 11.3. The third-order valence-corrected chi connectivity index (χ3v) is 5.79. The molecule has 0 saturated carbocycles. The van der Waals surface area contributed by atoms with Crippen molar-refractivity contribution in [1.82, 2.24) is 9.88 Å². The van der Waals surface area contributed by atoms with Crippen molar-refractivity contribution in [2.45, 2.75) is 65.4 Å². The Kier molecular flexibility index (Phi) is 9.61. The van der Waals surface area contributed by atoms with Gasteiger partial charge in [0.2, 0.25) is 5.91 Å². The molecule has 0 aliphatic carbocycles. The summed E-state index contributed by atoms with van der Waals surface area (Å²) in [7, 11) is 0. The van der Waals surface area contributed by atoms with E-state index in [1.54, 1.807) is 18.3 Å². The first-order valence-corrected chi connectivity index (χ1v) is 11.3. The smallest absolute Gasteiger partial charge is 0.219 e. The lowest BCUT2D eigenvalue weighted by Gasteiger charge is -2.31. The summed E-state index contributed by atoms with van der Waals surface area (Å²) in [5.41, 5.74) is 2.41. The molecule has 1 fully saturated rings. The van der Waals surface area contributed by atoms with E-state index in [0.717, 1.165) is 55.2 Å². The number of carbonyl (C=O) groups excluding carboxylic acids is 1. The Balaban J connectivity index is 0.000000253. The van der Waals surface area contributed by atoms with Crippen LogP contribution in [-0.4, -0.2) is 46.7 Å². The summed E-state index contributed by atoms with van der Waals surface area (Å²) in [4.78, 5) is 17.4. The third-order valence-electron chi connectivity index (χ3n) is 4.97. The summed E-state index contributed by atoms with van der Waals surface area (Å²) < 4.78 is 6.04. The number of hydrogen-bond acceptors (Lipinski definition) is 5. The highest BCUT2D eigenvalue weighted by Crippen LogP contribution is 2.23. The second-order valence-corrected chi connectivity index (χ2v) is 8.80. The maximum Gasteiger partial charge on any atom is 0.219 e. The molecule has 1 aromatic carbocycles. The lowest BCUT2D eigenvalue weighted by Crippen LogP contribution is -2.40. The molecule has 0 unspecified atom stereocenters. The van der Waals surface area contributed by atoms with Crippen LogP contribution in [-0.2, 0) is 11.2 Å². The fourth-order valence-corrected chi connectivity index (χ4v) is 3.86. The molecule has 3 rings (SSSR count). The van der Waals surface area contributed by atoms with Crippen LogP contribution in [0.25, 0.3) is 0 Å². The number of nitrogens with zero attached hydrogens (tertiary/aromatic N) is 2. The second kappa shape index (κ2) is 11.9. The summed E-state index contributed by atoms with van der Waals surface area (Å²) in [5, 5.41) is 11.7. The normalized spacial score (nSPS) is 14.5. The van der Waals surface area contributed by atoms with E-state index in [4.69, 9.17) is 9.84 Å². The Hall–Kier alpha value is -1.92. The summed E-state index contributed by atoms with van der Waals surface area (Å²) in [6, 6.07) is 8.33. The van der Waals surface area contributed by atoms with E-state index in [1.807, 2.05) is 23.3 Å². The van der Waals surface area contributed by atoms with Gasteiger partial charge in [0.15, 0.2) is 0 Å². The molecule has 1 N–H and O–H groups in total. The fraction of sp³-hybridized carbons (Fsp3) is 0.565. The van der Waals surface area contributed by atoms with E-state index < -0.39 is 0 Å². The van der Waals surface area contributed by atoms with Crippen LogP contribution in [0.5, 0.6) is 5.75 Å². The molecule has 160 valence electrons. The molecule has 1 saturated heterocycles. The number of aliphatic hydroxyl groups is 1. The predicted octanol–water partition coefficient (Wildman–Crippen LogP) is 4.58. The monoisotopic (exact) mass is 418 g/mol. The number of carbonyl (C=O) groups is 1. The molecular weight excluding hydrogens is 384 g/mol. The van der Waals surface area contributed by atoms with Crippen LogP contribution in [0.2, 0.25) is 0 Å². The van der Waals surface area contributed by atoms with Gasteiger partial charge < -0.3 is 14.7 Å². The molecule has 6 heteroatoms. The van der Waals surface area contributed by atoms with Crippen molar-refractivity contribution in [3.8, 4) is 5.75 Å². The molecule has 29 heavy (non-hydrogen) atoms. The SMILES string of the molecule is CC(=O)N1CCC(Oc2cccc(C(C)C)c2)CC1.Cc1nc(CCCO)cs1. The van der Waals surface area contributed by atoms with Crippen molar-refractivity contribution < 1.29 is 14.6 Å². The largest absolute Gasteiger partial charge is 0.490 e. The number of ether oxygens (including phenoxy) is 1. The lowest BCUT2D eigenvalue weighted by molar-refractivity contribution is -0.130. The van der Waals surface area contributed by atoms with Gasteiger partial charge in [-0.3, -0.25) is 4.79 Å². The van der Waals surface area contributed by atoms with Crippen molar-refractivity contribution in [2.75, 3.05) is 19.7 Å². The fourth-order valence-electron chi connectivity index (χ4n) is 3.21. The Morgan fingerprint density at radius 2 is 2.07 bits per heavy atom. The van der Waals surface area contributed by atoms with Crippen LogP contribution >= 0.6 is 11.3 Å². The molecule has 5 nitrogen and oxygen atoms in total. The van der Waals surface area contributed by atoms with Crippen LogP contribution < -0.4 is 4.74 Å². The Morgan fingerprint density at radius 3 is 2.62 bits per heavy atom. The zero-order valence-corrected chi connectivity index (χ0v) is 18.9. The zero-order chi connectivity index (χ0) is 21.2. The number of hydrogen-bond donors (Lipinski definition) is 1. The van der Waals surface area contributed by atoms with Gasteiger partial charge in [-0.25, -0.2) is 4.98 Å². The molecule has 0 atom stereocenters. The molecule has 1 aromatic heterocycles. The number of aromatic nitrogens is 1. The molecule has 1 amide bonds. The summed E-state index contributed by atoms with van der Waals surface area (Å²) in [5.74, 6) is 1.64. The number of thiazole rings is 1. The molecule has 2 heterocycles. The van der Waals surface area contributed by atoms with E-state index in [1.165, 1.54) is 5.56 Å². The van der Waals surface area contributed by atoms with E-state index in [0.29, 0.717) is 5.92 Å². The molecule has 0 bridgehead atoms. The van der Waals surface area contributed by atoms with Crippen LogP contribution in [0.15, 0.2) is 29.6 Å². The standard InChI is InChI=1S/C16H23NO2.C7H11NOS/c1-12(2)14-5-4-6-16(11-14)19-15-7-9-17(10-8-15)13(3)18;1-6-8-7(5-10-6)3-2-4-9/h4-6,11-12,15H,7-10H2,1-3H3;5,9H,2-4H2,1H3. The van der Waals surface area contributed by atoms with Crippen LogP contribution in [0, 0.1) is 6.92 Å². The lowest BCUT2D eigenvalue weighted by atomic mass is 10.0. The van der Waals surface area contributed by atoms with E-state index >= 15 is 0 Å². The van der Waals surface area contributed by atoms with Gasteiger partial charge in [-0.15, -0.1) is 11.3 Å². The van der Waals surface area contributed by atoms with Gasteiger partial charge >= 0.3 is 0 Å². The highest BCUT2D eigenvalue weighted by atomic mass is 32.1. The first-order chi connectivity index (χ1) is 13.9. The topological polar surface area (TPSA) is 62.7 Å². The van der Waals surface area contributed by atoms with Gasteiger partial charge in [0.1, 0.15) is 11.9 Å². The van der Waals surface area contributed by atoms with Crippen molar-refractivity contribution in [2.24, 2.45) is 0 Å². The number of amides is 1. The van der Waals surface area contributed by atoms with Crippen LogP contribution in [0.4, 0.5) is 0 Å². The zero-order valence-electron chi connectivity index (χ0n) is 18.1. The highest BCUT2D eigenvalue weighted by Gasteiger charge is 2.21. The van der Waals surface area contributed by atoms with Crippen LogP contribution in [0.3, 0.4) is 0 Å². The quantitative estimate of drug-likeness (QED) is 0.746. The van der Waals surface area contributed by atoms with Crippen molar-refractivity contribution in [1.29, 1.82) is 0 Å². The maximum atomic E-state index is 11.3. The number of rotatable bonds is 6. The number of piperidine rings is 1. The molecular formula is C23H34N2O3S. The molecule has 2 aromatic rings. The molecule has 0 spiro atoms. The van der Waals surface area contributed by atoms with Gasteiger partial charge in [0, 0.05) is 44.8 Å². The summed E-state index contributed by atoms with van der Waals surface area (Å²) >= 11 is 1.66. The number of benzene rings is 1. The van der Waals surface area contributed by atoms with Gasteiger partial charge in [0.05, 0.1) is 10.7 Å². The van der Waals surface area contributed by atoms with E-state index in [2.05, 4.69) is 37.0 Å². The highest BCUT2D eigenvalue weighted by molar-refractivity contribution is 7.09. The minimum absolute atomic E-state index is 0.167. The van der Waals surface area contributed by atoms with Crippen molar-refractivity contribution in [3.63, 3.8) is 0 Å². The Labute approximate surface area is 178 Å². The molecule has 1 aliphatic rings. The minimum atomic E-state index is 0.167. The predicted molar refractivity (Wildman–Crippen MR) is 119 cm³/mol. The van der Waals surface area contributed by atoms with Crippen molar-refractivity contribution in [3.05, 3.63) is 45.9 Å². The molecule has 1 aliphatic heterocycles. The average molecular weight is 419 g/mol. The number of aryl methyl sites for hydroxylation is 2. The molecule has 0 radical (unpaired) electrons. The van der Waals surface area contributed by atoms with Gasteiger partial charge in [0.25, 0.3) is 0 Å². The minimum Gasteiger partial charge on any atom is -0.490 e.